The fraction of sp³-hybridized carbons (Fsp3) is 1.00. The minimum atomic E-state index is 0.724. The molecule has 1 N–H and O–H groups in total. The van der Waals surface area contributed by atoms with Gasteiger partial charge in [0.2, 0.25) is 0 Å². The highest BCUT2D eigenvalue weighted by Gasteiger charge is 2.29. The topological polar surface area (TPSA) is 15.3 Å². The molecule has 0 amide bonds. The van der Waals surface area contributed by atoms with E-state index in [1.54, 1.807) is 0 Å². The van der Waals surface area contributed by atoms with Crippen molar-refractivity contribution in [2.75, 3.05) is 31.1 Å². The fourth-order valence-corrected chi connectivity index (χ4v) is 3.51. The minimum absolute atomic E-state index is 0.724. The van der Waals surface area contributed by atoms with Gasteiger partial charge in [-0.25, -0.2) is 0 Å². The average Bonchev–Trinajstić information content (AvgIpc) is 2.39. The van der Waals surface area contributed by atoms with Crippen molar-refractivity contribution in [3.8, 4) is 0 Å². The number of thioether (sulfide) groups is 1. The molecule has 3 atom stereocenters. The van der Waals surface area contributed by atoms with Crippen LogP contribution in [0.3, 0.4) is 0 Å². The van der Waals surface area contributed by atoms with Gasteiger partial charge in [-0.3, -0.25) is 4.90 Å². The van der Waals surface area contributed by atoms with Crippen LogP contribution in [0.25, 0.3) is 0 Å². The highest BCUT2D eigenvalue weighted by atomic mass is 32.2. The van der Waals surface area contributed by atoms with Gasteiger partial charge in [-0.15, -0.1) is 0 Å². The average molecular weight is 273 g/mol. The molecule has 2 nitrogen and oxygen atoms in total. The van der Waals surface area contributed by atoms with Crippen LogP contribution in [-0.4, -0.2) is 48.1 Å². The van der Waals surface area contributed by atoms with E-state index in [9.17, 15) is 0 Å². The van der Waals surface area contributed by atoms with Crippen molar-refractivity contribution in [2.24, 2.45) is 5.92 Å². The summed E-state index contributed by atoms with van der Waals surface area (Å²) in [6.45, 7) is 13.0. The zero-order valence-corrected chi connectivity index (χ0v) is 13.6. The van der Waals surface area contributed by atoms with Gasteiger partial charge in [0.1, 0.15) is 0 Å². The van der Waals surface area contributed by atoms with E-state index in [-0.39, 0.29) is 0 Å². The maximum Gasteiger partial charge on any atom is 0.0247 e. The summed E-state index contributed by atoms with van der Waals surface area (Å²) in [6.07, 6.45) is 3.91. The lowest BCUT2D eigenvalue weighted by Gasteiger charge is -2.43. The van der Waals surface area contributed by atoms with Crippen molar-refractivity contribution in [3.63, 3.8) is 0 Å². The summed E-state index contributed by atoms with van der Waals surface area (Å²) in [4.78, 5) is 2.76. The van der Waals surface area contributed by atoms with Gasteiger partial charge in [0.05, 0.1) is 0 Å². The van der Waals surface area contributed by atoms with E-state index >= 15 is 0 Å². The molecule has 1 aliphatic heterocycles. The van der Waals surface area contributed by atoms with Crippen molar-refractivity contribution in [3.05, 3.63) is 0 Å². The molecule has 0 aliphatic carbocycles. The van der Waals surface area contributed by atoms with E-state index < -0.39 is 0 Å². The standard InChI is InChI=1S/C15H32N2S/c1-5-8-14-12-17(9-10-18-7-3)15(11-16-14)13(4)6-2/h13-16H,5-12H2,1-4H3. The van der Waals surface area contributed by atoms with Gasteiger partial charge in [0.15, 0.2) is 0 Å². The first kappa shape index (κ1) is 16.3. The summed E-state index contributed by atoms with van der Waals surface area (Å²) >= 11 is 2.08. The predicted octanol–water partition coefficient (Wildman–Crippen LogP) is 3.23. The van der Waals surface area contributed by atoms with E-state index in [2.05, 4.69) is 49.7 Å². The van der Waals surface area contributed by atoms with Crippen LogP contribution in [-0.2, 0) is 0 Å². The Kier molecular flexibility index (Phi) is 8.36. The Morgan fingerprint density at radius 2 is 2.11 bits per heavy atom. The highest BCUT2D eigenvalue weighted by molar-refractivity contribution is 7.99. The second-order valence-corrected chi connectivity index (χ2v) is 6.93. The molecule has 1 rings (SSSR count). The Bertz CT molecular complexity index is 211. The second kappa shape index (κ2) is 9.22. The second-order valence-electron chi connectivity index (χ2n) is 5.54. The first-order valence-electron chi connectivity index (χ1n) is 7.78. The number of rotatable bonds is 8. The molecule has 3 unspecified atom stereocenters. The molecule has 0 aromatic rings. The maximum absolute atomic E-state index is 3.76. The van der Waals surface area contributed by atoms with Gasteiger partial charge in [0, 0.05) is 37.5 Å². The van der Waals surface area contributed by atoms with Crippen LogP contribution in [0.1, 0.15) is 47.0 Å². The van der Waals surface area contributed by atoms with Crippen LogP contribution in [0, 0.1) is 5.92 Å². The van der Waals surface area contributed by atoms with Crippen LogP contribution in [0.15, 0.2) is 0 Å². The molecule has 1 saturated heterocycles. The number of hydrogen-bond donors (Lipinski definition) is 1. The molecule has 108 valence electrons. The monoisotopic (exact) mass is 272 g/mol. The van der Waals surface area contributed by atoms with Crippen LogP contribution in [0.2, 0.25) is 0 Å². The van der Waals surface area contributed by atoms with Gasteiger partial charge >= 0.3 is 0 Å². The summed E-state index contributed by atoms with van der Waals surface area (Å²) in [5.41, 5.74) is 0. The molecular formula is C15H32N2S. The Balaban J connectivity index is 2.49. The van der Waals surface area contributed by atoms with Crippen molar-refractivity contribution in [1.29, 1.82) is 0 Å². The Labute approximate surface area is 118 Å². The van der Waals surface area contributed by atoms with Crippen molar-refractivity contribution < 1.29 is 0 Å². The fourth-order valence-electron chi connectivity index (χ4n) is 2.86. The lowest BCUT2D eigenvalue weighted by Crippen LogP contribution is -2.58. The Morgan fingerprint density at radius 3 is 2.72 bits per heavy atom. The van der Waals surface area contributed by atoms with E-state index in [0.717, 1.165) is 18.0 Å². The molecule has 1 heterocycles. The molecule has 0 aromatic carbocycles. The summed E-state index contributed by atoms with van der Waals surface area (Å²) in [7, 11) is 0. The first-order chi connectivity index (χ1) is 8.72. The lowest BCUT2D eigenvalue weighted by molar-refractivity contribution is 0.0956. The largest absolute Gasteiger partial charge is 0.311 e. The van der Waals surface area contributed by atoms with Crippen LogP contribution < -0.4 is 5.32 Å². The van der Waals surface area contributed by atoms with Gasteiger partial charge in [-0.2, -0.15) is 11.8 Å². The normalized spacial score (nSPS) is 27.3. The third-order valence-corrected chi connectivity index (χ3v) is 5.08. The molecule has 18 heavy (non-hydrogen) atoms. The van der Waals surface area contributed by atoms with Gasteiger partial charge < -0.3 is 5.32 Å². The molecule has 1 aliphatic rings. The maximum atomic E-state index is 3.76. The van der Waals surface area contributed by atoms with Crippen molar-refractivity contribution in [2.45, 2.75) is 59.0 Å². The van der Waals surface area contributed by atoms with Crippen molar-refractivity contribution >= 4 is 11.8 Å². The van der Waals surface area contributed by atoms with Crippen molar-refractivity contribution in [1.82, 2.24) is 10.2 Å². The van der Waals surface area contributed by atoms with Gasteiger partial charge in [0.25, 0.3) is 0 Å². The van der Waals surface area contributed by atoms with Gasteiger partial charge in [-0.1, -0.05) is 40.5 Å². The molecule has 0 radical (unpaired) electrons. The molecule has 1 fully saturated rings. The van der Waals surface area contributed by atoms with Gasteiger partial charge in [-0.05, 0) is 18.1 Å². The van der Waals surface area contributed by atoms with Crippen LogP contribution >= 0.6 is 11.8 Å². The third kappa shape index (κ3) is 5.10. The lowest BCUT2D eigenvalue weighted by atomic mass is 9.94. The number of nitrogens with one attached hydrogen (secondary N) is 1. The van der Waals surface area contributed by atoms with E-state index in [4.69, 9.17) is 0 Å². The SMILES string of the molecule is CCCC1CN(CCSCC)C(C(C)CC)CN1. The smallest absolute Gasteiger partial charge is 0.0247 e. The van der Waals surface area contributed by atoms with Crippen LogP contribution in [0.5, 0.6) is 0 Å². The van der Waals surface area contributed by atoms with E-state index in [0.29, 0.717) is 0 Å². The number of hydrogen-bond acceptors (Lipinski definition) is 3. The number of nitrogens with zero attached hydrogens (tertiary/aromatic N) is 1. The summed E-state index contributed by atoms with van der Waals surface area (Å²) in [6, 6.07) is 1.47. The zero-order valence-electron chi connectivity index (χ0n) is 12.7. The Morgan fingerprint density at radius 1 is 1.33 bits per heavy atom. The molecular weight excluding hydrogens is 240 g/mol. The first-order valence-corrected chi connectivity index (χ1v) is 8.93. The third-order valence-electron chi connectivity index (χ3n) is 4.20. The molecule has 0 bridgehead atoms. The quantitative estimate of drug-likeness (QED) is 0.683. The number of piperazine rings is 1. The summed E-state index contributed by atoms with van der Waals surface area (Å²) in [5, 5.41) is 3.76. The summed E-state index contributed by atoms with van der Waals surface area (Å²) in [5.74, 6) is 3.35. The highest BCUT2D eigenvalue weighted by Crippen LogP contribution is 2.20. The van der Waals surface area contributed by atoms with Crippen LogP contribution in [0.4, 0.5) is 0 Å². The summed E-state index contributed by atoms with van der Waals surface area (Å²) < 4.78 is 0. The zero-order chi connectivity index (χ0) is 13.4. The van der Waals surface area contributed by atoms with E-state index in [1.807, 2.05) is 0 Å². The minimum Gasteiger partial charge on any atom is -0.311 e. The Hall–Kier alpha value is 0.270. The predicted molar refractivity (Wildman–Crippen MR) is 84.5 cm³/mol. The molecule has 0 saturated carbocycles. The van der Waals surface area contributed by atoms with E-state index in [1.165, 1.54) is 50.4 Å². The molecule has 3 heteroatoms. The molecule has 0 spiro atoms. The molecule has 0 aromatic heterocycles.